The normalized spacial score (nSPS) is 13.7. The van der Waals surface area contributed by atoms with E-state index in [2.05, 4.69) is 18.6 Å². The molecule has 0 aliphatic carbocycles. The maximum absolute atomic E-state index is 12.1. The summed E-state index contributed by atoms with van der Waals surface area (Å²) in [4.78, 5) is 0. The van der Waals surface area contributed by atoms with E-state index >= 15 is 0 Å². The fraction of sp³-hybridized carbons (Fsp3) is 0.538. The largest absolute Gasteiger partial charge is 0.573 e. The van der Waals surface area contributed by atoms with E-state index in [1.54, 1.807) is 0 Å². The molecule has 1 atom stereocenters. The molecule has 0 aliphatic heterocycles. The molecule has 6 heteroatoms. The number of ether oxygens (including phenoxy) is 1. The van der Waals surface area contributed by atoms with E-state index in [1.165, 1.54) is 18.2 Å². The SMILES string of the molecule is CC(C)CC[C@H](N)c1ccc(OC(F)(F)F)c(Cl)c1. The van der Waals surface area contributed by atoms with Gasteiger partial charge in [-0.3, -0.25) is 0 Å². The third kappa shape index (κ3) is 5.70. The number of nitrogens with two attached hydrogens (primary N) is 1. The first kappa shape index (κ1) is 16.1. The van der Waals surface area contributed by atoms with Crippen LogP contribution in [0.5, 0.6) is 5.75 Å². The number of alkyl halides is 3. The molecule has 0 bridgehead atoms. The Hall–Kier alpha value is -0.940. The smallest absolute Gasteiger partial charge is 0.404 e. The lowest BCUT2D eigenvalue weighted by atomic mass is 9.98. The Morgan fingerprint density at radius 3 is 2.37 bits per heavy atom. The van der Waals surface area contributed by atoms with Gasteiger partial charge in [0.25, 0.3) is 0 Å². The monoisotopic (exact) mass is 295 g/mol. The van der Waals surface area contributed by atoms with E-state index in [4.69, 9.17) is 17.3 Å². The van der Waals surface area contributed by atoms with E-state index in [0.717, 1.165) is 12.8 Å². The summed E-state index contributed by atoms with van der Waals surface area (Å²) in [6.07, 6.45) is -3.04. The standard InChI is InChI=1S/C13H17ClF3NO/c1-8(2)3-5-11(18)9-4-6-12(10(14)7-9)19-13(15,16)17/h4,6-8,11H,3,5,18H2,1-2H3/t11-/m0/s1. The molecule has 0 unspecified atom stereocenters. The van der Waals surface area contributed by atoms with Crippen molar-refractivity contribution in [2.24, 2.45) is 11.7 Å². The molecule has 2 N–H and O–H groups in total. The first-order valence-electron chi connectivity index (χ1n) is 6.00. The highest BCUT2D eigenvalue weighted by atomic mass is 35.5. The van der Waals surface area contributed by atoms with Crippen LogP contribution in [0.2, 0.25) is 5.02 Å². The van der Waals surface area contributed by atoms with Crippen LogP contribution in [-0.4, -0.2) is 6.36 Å². The van der Waals surface area contributed by atoms with Crippen LogP contribution in [0.15, 0.2) is 18.2 Å². The van der Waals surface area contributed by atoms with Crippen molar-refractivity contribution in [3.8, 4) is 5.75 Å². The first-order valence-corrected chi connectivity index (χ1v) is 6.37. The van der Waals surface area contributed by atoms with Gasteiger partial charge in [-0.25, -0.2) is 0 Å². The molecular weight excluding hydrogens is 279 g/mol. The van der Waals surface area contributed by atoms with Gasteiger partial charge >= 0.3 is 6.36 Å². The van der Waals surface area contributed by atoms with Crippen LogP contribution in [0.3, 0.4) is 0 Å². The van der Waals surface area contributed by atoms with Crippen LogP contribution in [0.4, 0.5) is 13.2 Å². The number of rotatable bonds is 5. The van der Waals surface area contributed by atoms with Crippen LogP contribution in [0.1, 0.15) is 38.3 Å². The lowest BCUT2D eigenvalue weighted by molar-refractivity contribution is -0.274. The van der Waals surface area contributed by atoms with Gasteiger partial charge in [-0.05, 0) is 36.5 Å². The van der Waals surface area contributed by atoms with Gasteiger partial charge in [-0.2, -0.15) is 0 Å². The van der Waals surface area contributed by atoms with Crippen molar-refractivity contribution in [1.29, 1.82) is 0 Å². The molecule has 0 fully saturated rings. The van der Waals surface area contributed by atoms with Crippen LogP contribution < -0.4 is 10.5 Å². The highest BCUT2D eigenvalue weighted by Crippen LogP contribution is 2.32. The third-order valence-corrected chi connectivity index (χ3v) is 2.96. The summed E-state index contributed by atoms with van der Waals surface area (Å²) in [5.41, 5.74) is 6.68. The maximum Gasteiger partial charge on any atom is 0.573 e. The molecule has 19 heavy (non-hydrogen) atoms. The molecule has 108 valence electrons. The van der Waals surface area contributed by atoms with Crippen LogP contribution in [0, 0.1) is 5.92 Å². The zero-order valence-electron chi connectivity index (χ0n) is 10.8. The minimum atomic E-state index is -4.75. The molecule has 1 aromatic rings. The molecule has 0 amide bonds. The summed E-state index contributed by atoms with van der Waals surface area (Å²) >= 11 is 5.76. The summed E-state index contributed by atoms with van der Waals surface area (Å²) in [7, 11) is 0. The van der Waals surface area contributed by atoms with Crippen molar-refractivity contribution in [2.75, 3.05) is 0 Å². The van der Waals surface area contributed by atoms with Crippen molar-refractivity contribution < 1.29 is 17.9 Å². The van der Waals surface area contributed by atoms with Gasteiger partial charge in [0.05, 0.1) is 5.02 Å². The third-order valence-electron chi connectivity index (χ3n) is 2.66. The van der Waals surface area contributed by atoms with Crippen LogP contribution >= 0.6 is 11.6 Å². The van der Waals surface area contributed by atoms with Crippen molar-refractivity contribution in [3.05, 3.63) is 28.8 Å². The Morgan fingerprint density at radius 2 is 1.89 bits per heavy atom. The van der Waals surface area contributed by atoms with Crippen molar-refractivity contribution in [1.82, 2.24) is 0 Å². The van der Waals surface area contributed by atoms with E-state index in [0.29, 0.717) is 11.5 Å². The van der Waals surface area contributed by atoms with Crippen molar-refractivity contribution >= 4 is 11.6 Å². The topological polar surface area (TPSA) is 35.2 Å². The average Bonchev–Trinajstić information content (AvgIpc) is 2.27. The van der Waals surface area contributed by atoms with Gasteiger partial charge in [-0.1, -0.05) is 31.5 Å². The lowest BCUT2D eigenvalue weighted by Crippen LogP contribution is -2.17. The molecule has 0 spiro atoms. The molecule has 0 radical (unpaired) electrons. The number of halogens is 4. The van der Waals surface area contributed by atoms with Gasteiger partial charge < -0.3 is 10.5 Å². The molecule has 2 nitrogen and oxygen atoms in total. The highest BCUT2D eigenvalue weighted by Gasteiger charge is 2.32. The zero-order chi connectivity index (χ0) is 14.6. The number of hydrogen-bond acceptors (Lipinski definition) is 2. The first-order chi connectivity index (χ1) is 8.69. The fourth-order valence-corrected chi connectivity index (χ4v) is 1.86. The number of hydrogen-bond donors (Lipinski definition) is 1. The second-order valence-corrected chi connectivity index (χ2v) is 5.22. The van der Waals surface area contributed by atoms with E-state index in [1.807, 2.05) is 0 Å². The van der Waals surface area contributed by atoms with Gasteiger partial charge in [-0.15, -0.1) is 13.2 Å². The van der Waals surface area contributed by atoms with Crippen molar-refractivity contribution in [3.63, 3.8) is 0 Å². The molecule has 1 rings (SSSR count). The summed E-state index contributed by atoms with van der Waals surface area (Å²) in [5, 5.41) is -0.0881. The second kappa shape index (κ2) is 6.48. The molecule has 0 aliphatic rings. The van der Waals surface area contributed by atoms with Gasteiger partial charge in [0.1, 0.15) is 5.75 Å². The summed E-state index contributed by atoms with van der Waals surface area (Å²) < 4.78 is 40.0. The molecule has 0 saturated heterocycles. The molecule has 0 saturated carbocycles. The summed E-state index contributed by atoms with van der Waals surface area (Å²) in [5.74, 6) is 0.114. The Bertz CT molecular complexity index is 421. The van der Waals surface area contributed by atoms with Crippen LogP contribution in [-0.2, 0) is 0 Å². The zero-order valence-corrected chi connectivity index (χ0v) is 11.6. The molecular formula is C13H17ClF3NO. The fourth-order valence-electron chi connectivity index (χ4n) is 1.63. The van der Waals surface area contributed by atoms with E-state index in [-0.39, 0.29) is 11.1 Å². The Balaban J connectivity index is 2.76. The Morgan fingerprint density at radius 1 is 1.26 bits per heavy atom. The van der Waals surface area contributed by atoms with Gasteiger partial charge in [0.2, 0.25) is 0 Å². The minimum absolute atomic E-state index is 0.0881. The summed E-state index contributed by atoms with van der Waals surface area (Å²) in [6.45, 7) is 4.17. The van der Waals surface area contributed by atoms with Gasteiger partial charge in [0, 0.05) is 6.04 Å². The predicted molar refractivity (Wildman–Crippen MR) is 69.1 cm³/mol. The molecule has 0 aromatic heterocycles. The number of benzene rings is 1. The van der Waals surface area contributed by atoms with E-state index in [9.17, 15) is 13.2 Å². The molecule has 1 aromatic carbocycles. The highest BCUT2D eigenvalue weighted by molar-refractivity contribution is 6.32. The summed E-state index contributed by atoms with van der Waals surface area (Å²) in [6, 6.07) is 3.89. The second-order valence-electron chi connectivity index (χ2n) is 4.82. The quantitative estimate of drug-likeness (QED) is 0.856. The lowest BCUT2D eigenvalue weighted by Gasteiger charge is -2.16. The Labute approximate surface area is 115 Å². The predicted octanol–water partition coefficient (Wildman–Crippen LogP) is 4.67. The minimum Gasteiger partial charge on any atom is -0.404 e. The molecule has 0 heterocycles. The van der Waals surface area contributed by atoms with Gasteiger partial charge in [0.15, 0.2) is 0 Å². The maximum atomic E-state index is 12.1. The van der Waals surface area contributed by atoms with Crippen LogP contribution in [0.25, 0.3) is 0 Å². The van der Waals surface area contributed by atoms with Crippen molar-refractivity contribution in [2.45, 2.75) is 39.1 Å². The van der Waals surface area contributed by atoms with E-state index < -0.39 is 12.1 Å². The Kier molecular flexibility index (Phi) is 5.50. The average molecular weight is 296 g/mol.